The van der Waals surface area contributed by atoms with Gasteiger partial charge in [-0.1, -0.05) is 51.9 Å². The topological polar surface area (TPSA) is 450 Å². The molecule has 8 atom stereocenters. The lowest BCUT2D eigenvalue weighted by atomic mass is 9.73. The van der Waals surface area contributed by atoms with Gasteiger partial charge in [0, 0.05) is 69.8 Å². The van der Waals surface area contributed by atoms with Gasteiger partial charge >= 0.3 is 24.0 Å². The van der Waals surface area contributed by atoms with Crippen molar-refractivity contribution in [3.8, 4) is 17.2 Å². The molecule has 3 aliphatic rings. The van der Waals surface area contributed by atoms with E-state index in [0.29, 0.717) is 21.8 Å². The number of aromatic nitrogens is 4. The summed E-state index contributed by atoms with van der Waals surface area (Å²) in [6, 6.07) is 12.8. The number of nitrogens with two attached hydrogens (primary N) is 1. The van der Waals surface area contributed by atoms with E-state index in [1.807, 2.05) is 0 Å². The van der Waals surface area contributed by atoms with Crippen molar-refractivity contribution in [2.75, 3.05) is 31.0 Å². The fraction of sp³-hybridized carbons (Fsp3) is 0.333. The predicted octanol–water partition coefficient (Wildman–Crippen LogP) is 2.77. The van der Waals surface area contributed by atoms with E-state index in [-0.39, 0.29) is 82.4 Å². The van der Waals surface area contributed by atoms with Crippen LogP contribution >= 0.6 is 21.6 Å². The van der Waals surface area contributed by atoms with Gasteiger partial charge in [-0.2, -0.15) is 4.98 Å². The highest BCUT2D eigenvalue weighted by atomic mass is 33.1. The second-order valence-corrected chi connectivity index (χ2v) is 22.9. The quantitative estimate of drug-likeness (QED) is 0.0264. The Morgan fingerprint density at radius 2 is 1.62 bits per heavy atom. The minimum Gasteiger partial charge on any atom is -0.507 e. The smallest absolute Gasteiger partial charge is 0.407 e. The van der Waals surface area contributed by atoms with E-state index in [1.54, 1.807) is 36.4 Å². The van der Waals surface area contributed by atoms with Crippen LogP contribution in [0, 0.1) is 0 Å². The Bertz CT molecular complexity index is 3830. The van der Waals surface area contributed by atoms with Gasteiger partial charge in [-0.05, 0) is 49.7 Å². The van der Waals surface area contributed by atoms with Crippen molar-refractivity contribution in [1.82, 2.24) is 35.9 Å². The summed E-state index contributed by atoms with van der Waals surface area (Å²) in [6.45, 7) is 1.28. The van der Waals surface area contributed by atoms with Gasteiger partial charge in [0.1, 0.15) is 42.0 Å². The molecule has 1 fully saturated rings. The lowest BCUT2D eigenvalue weighted by Crippen LogP contribution is -2.55. The first-order chi connectivity index (χ1) is 42.0. The number of ether oxygens (including phenoxy) is 5. The molecule has 6 aromatic rings. The molecule has 2 aliphatic carbocycles. The molecule has 1 saturated heterocycles. The van der Waals surface area contributed by atoms with Gasteiger partial charge in [0.25, 0.3) is 11.5 Å². The molecule has 31 heteroatoms. The number of alkyl carbamates (subject to hydrolysis) is 1. The fourth-order valence-corrected chi connectivity index (χ4v) is 12.7. The van der Waals surface area contributed by atoms with Crippen LogP contribution in [0.25, 0.3) is 11.2 Å². The van der Waals surface area contributed by atoms with Crippen LogP contribution in [0.5, 0.6) is 17.2 Å². The SMILES string of the molecule is COC(=O)[C@]1(O)Cc2c(O)c3c(c(O)c2C(OC2CC(NC(=O)OCc4ccccc4SSCC(NC(=O)CCC(NC(=O)c4ccc(NCc5cnc6nc(N)[nH]c(=O)c6n5)cc4)C(=O)O)C(=O)O)C(O)C(C)O2)C1)C(=O)c1c(OC)cccc1C3=O. The first-order valence-electron chi connectivity index (χ1n) is 26.9. The predicted molar refractivity (Wildman–Crippen MR) is 309 cm³/mol. The summed E-state index contributed by atoms with van der Waals surface area (Å²) in [6.07, 6.45) is -7.37. The number of H-pyrrole nitrogens is 1. The molecule has 9 rings (SSSR count). The summed E-state index contributed by atoms with van der Waals surface area (Å²) in [4.78, 5) is 132. The molecule has 88 heavy (non-hydrogen) atoms. The van der Waals surface area contributed by atoms with Gasteiger partial charge in [0.15, 0.2) is 28.8 Å². The molecule has 4 aromatic carbocycles. The number of methoxy groups -OCH3 is 2. The Morgan fingerprint density at radius 1 is 0.898 bits per heavy atom. The van der Waals surface area contributed by atoms with Crippen LogP contribution in [0.1, 0.15) is 103 Å². The number of carboxylic acid groups (broad SMARTS) is 2. The van der Waals surface area contributed by atoms with Crippen molar-refractivity contribution >= 4 is 91.8 Å². The number of aromatic hydroxyl groups is 2. The van der Waals surface area contributed by atoms with Gasteiger partial charge in [-0.15, -0.1) is 0 Å². The molecule has 29 nitrogen and oxygen atoms in total. The Morgan fingerprint density at radius 3 is 2.34 bits per heavy atom. The number of ketones is 2. The van der Waals surface area contributed by atoms with Crippen molar-refractivity contribution in [2.24, 2.45) is 0 Å². The van der Waals surface area contributed by atoms with E-state index in [2.05, 4.69) is 41.2 Å². The first-order valence-corrected chi connectivity index (χ1v) is 29.2. The van der Waals surface area contributed by atoms with E-state index in [4.69, 9.17) is 29.4 Å². The number of carbonyl (C=O) groups excluding carboxylic acids is 6. The highest BCUT2D eigenvalue weighted by Gasteiger charge is 2.51. The van der Waals surface area contributed by atoms with Crippen molar-refractivity contribution in [3.05, 3.63) is 133 Å². The Kier molecular flexibility index (Phi) is 19.1. The average molecular weight is 1250 g/mol. The molecular weight excluding hydrogens is 1190 g/mol. The van der Waals surface area contributed by atoms with Crippen LogP contribution in [0.2, 0.25) is 0 Å². The summed E-state index contributed by atoms with van der Waals surface area (Å²) < 4.78 is 28.0. The van der Waals surface area contributed by atoms with Crippen molar-refractivity contribution in [1.29, 1.82) is 0 Å². The van der Waals surface area contributed by atoms with Crippen molar-refractivity contribution in [2.45, 2.75) is 105 Å². The van der Waals surface area contributed by atoms with Gasteiger partial charge in [-0.25, -0.2) is 29.1 Å². The number of phenolic OH excluding ortho intramolecular Hbond substituents is 2. The molecule has 2 aromatic heterocycles. The third-order valence-corrected chi connectivity index (χ3v) is 17.2. The van der Waals surface area contributed by atoms with Gasteiger partial charge < -0.3 is 81.3 Å². The number of nitrogen functional groups attached to an aromatic ring is 1. The summed E-state index contributed by atoms with van der Waals surface area (Å²) in [5.41, 5.74) is 2.21. The Balaban J connectivity index is 0.764. The minimum absolute atomic E-state index is 0.00398. The third-order valence-electron chi connectivity index (χ3n) is 14.7. The number of benzene rings is 4. The number of fused-ring (bicyclic) bond motifs is 4. The lowest BCUT2D eigenvalue weighted by molar-refractivity contribution is -0.250. The second-order valence-electron chi connectivity index (χ2n) is 20.5. The normalized spacial score (nSPS) is 20.0. The van der Waals surface area contributed by atoms with Crippen LogP contribution in [0.4, 0.5) is 16.4 Å². The van der Waals surface area contributed by atoms with Crippen LogP contribution in [0.15, 0.2) is 82.6 Å². The number of nitrogens with zero attached hydrogens (tertiary/aromatic N) is 3. The molecular formula is C57H57N9O20S2. The number of hydrogen-bond acceptors (Lipinski definition) is 25. The zero-order chi connectivity index (χ0) is 63.3. The van der Waals surface area contributed by atoms with Crippen LogP contribution < -0.4 is 37.3 Å². The zero-order valence-corrected chi connectivity index (χ0v) is 48.4. The molecule has 7 unspecified atom stereocenters. The van der Waals surface area contributed by atoms with E-state index in [0.717, 1.165) is 28.7 Å². The van der Waals surface area contributed by atoms with Gasteiger partial charge in [0.05, 0.1) is 67.6 Å². The van der Waals surface area contributed by atoms with Crippen molar-refractivity contribution < 1.29 is 92.7 Å². The lowest BCUT2D eigenvalue weighted by Gasteiger charge is -2.42. The number of carbonyl (C=O) groups is 8. The largest absolute Gasteiger partial charge is 0.507 e. The summed E-state index contributed by atoms with van der Waals surface area (Å²) in [7, 11) is 4.44. The van der Waals surface area contributed by atoms with Crippen LogP contribution in [-0.2, 0) is 57.7 Å². The minimum atomic E-state index is -2.41. The molecule has 0 bridgehead atoms. The number of aliphatic hydroxyl groups is 2. The van der Waals surface area contributed by atoms with Gasteiger partial charge in [0.2, 0.25) is 17.6 Å². The maximum Gasteiger partial charge on any atom is 0.407 e. The highest BCUT2D eigenvalue weighted by molar-refractivity contribution is 8.76. The highest BCUT2D eigenvalue weighted by Crippen LogP contribution is 2.53. The molecule has 0 radical (unpaired) electrons. The Hall–Kier alpha value is -9.40. The number of nitrogens with one attached hydrogen (secondary N) is 5. The standard InChI is InChI=1S/C57H57N9O20S2/c1-24-44(68)32(17-38(85-24)86-35-19-57(81,54(79)83-3)18-30-40(35)48(72)42-41(46(30)70)45(69)29-8-6-9-34(82-2)39(29)47(42)71)64-56(80)84-22-26-7-4-5-10-36(26)88-87-23-33(53(77)78)62-37(67)16-15-31(52(75)76)63-50(73)25-11-13-27(14-12-25)59-20-28-21-60-49-43(61-28)51(74)66-55(58)65-49/h4-14,21,24,31-33,35,38,44,59,68,70,72,81H,15-20,22-23H2,1-3H3,(H,62,67)(H,63,73)(H,64,80)(H,75,76)(H,77,78)(H3,58,60,65,66,74)/t24?,31?,32?,33?,35?,38?,44?,57-/m0/s1. The Labute approximate surface area is 505 Å². The van der Waals surface area contributed by atoms with Crippen LogP contribution in [-0.4, -0.2) is 160 Å². The number of carboxylic acids is 2. The zero-order valence-electron chi connectivity index (χ0n) is 46.8. The molecule has 3 amide bonds. The summed E-state index contributed by atoms with van der Waals surface area (Å²) in [5, 5.41) is 76.9. The fourth-order valence-electron chi connectivity index (χ4n) is 10.3. The average Bonchev–Trinajstić information content (AvgIpc) is 0.779. The van der Waals surface area contributed by atoms with Crippen LogP contribution in [0.3, 0.4) is 0 Å². The number of aliphatic hydroxyl groups excluding tert-OH is 1. The third kappa shape index (κ3) is 13.6. The van der Waals surface area contributed by atoms with Gasteiger partial charge in [-0.3, -0.25) is 29.0 Å². The maximum atomic E-state index is 14.1. The number of anilines is 2. The number of aliphatic carboxylic acids is 2. The number of rotatable bonds is 22. The number of hydrogen-bond donors (Lipinski definition) is 12. The molecule has 462 valence electrons. The molecule has 0 saturated carbocycles. The molecule has 0 spiro atoms. The molecule has 13 N–H and O–H groups in total. The van der Waals surface area contributed by atoms with E-state index in [9.17, 15) is 73.8 Å². The summed E-state index contributed by atoms with van der Waals surface area (Å²) >= 11 is 0. The number of esters is 1. The first kappa shape index (κ1) is 63.1. The van der Waals surface area contributed by atoms with E-state index < -0.39 is 143 Å². The number of phenols is 2. The molecule has 3 heterocycles. The monoisotopic (exact) mass is 1250 g/mol. The van der Waals surface area contributed by atoms with E-state index >= 15 is 0 Å². The number of amides is 3. The number of aromatic amines is 1. The summed E-state index contributed by atoms with van der Waals surface area (Å²) in [5.74, 6) is -9.08. The molecule has 1 aliphatic heterocycles. The maximum absolute atomic E-state index is 14.1. The van der Waals surface area contributed by atoms with E-state index in [1.165, 1.54) is 50.6 Å². The second kappa shape index (κ2) is 26.7. The van der Waals surface area contributed by atoms with Crippen molar-refractivity contribution in [3.63, 3.8) is 0 Å².